The van der Waals surface area contributed by atoms with E-state index in [4.69, 9.17) is 9.47 Å². The molecule has 0 unspecified atom stereocenters. The largest absolute Gasteiger partial charge is 0.497 e. The highest BCUT2D eigenvalue weighted by Gasteiger charge is 2.07. The molecule has 0 spiro atoms. The first kappa shape index (κ1) is 25.5. The molecule has 1 rings (SSSR count). The lowest BCUT2D eigenvalue weighted by Gasteiger charge is -2.06. The van der Waals surface area contributed by atoms with Crippen LogP contribution in [-0.2, 0) is 4.74 Å². The molecular weight excluding hydrogens is 360 g/mol. The summed E-state index contributed by atoms with van der Waals surface area (Å²) in [4.78, 5) is 12.0. The predicted octanol–water partition coefficient (Wildman–Crippen LogP) is 8.11. The molecule has 0 aliphatic carbocycles. The lowest BCUT2D eigenvalue weighted by Crippen LogP contribution is -2.06. The van der Waals surface area contributed by atoms with Gasteiger partial charge < -0.3 is 9.47 Å². The minimum absolute atomic E-state index is 0.259. The molecule has 1 aromatic rings. The third-order valence-corrected chi connectivity index (χ3v) is 5.54. The van der Waals surface area contributed by atoms with Crippen LogP contribution in [0.15, 0.2) is 24.3 Å². The molecule has 0 saturated carbocycles. The zero-order valence-corrected chi connectivity index (χ0v) is 19.1. The Labute approximate surface area is 179 Å². The molecule has 0 radical (unpaired) electrons. The lowest BCUT2D eigenvalue weighted by atomic mass is 10.0. The van der Waals surface area contributed by atoms with Crippen molar-refractivity contribution in [3.05, 3.63) is 29.8 Å². The van der Waals surface area contributed by atoms with Crippen LogP contribution in [-0.4, -0.2) is 19.7 Å². The molecule has 0 aliphatic heterocycles. The summed E-state index contributed by atoms with van der Waals surface area (Å²) in [5, 5.41) is 0. The van der Waals surface area contributed by atoms with Crippen molar-refractivity contribution in [1.82, 2.24) is 0 Å². The molecule has 3 heteroatoms. The van der Waals surface area contributed by atoms with E-state index >= 15 is 0 Å². The van der Waals surface area contributed by atoms with Crippen LogP contribution in [0.25, 0.3) is 0 Å². The van der Waals surface area contributed by atoms with Crippen LogP contribution in [0.5, 0.6) is 5.75 Å². The Balaban J connectivity index is 1.82. The Morgan fingerprint density at radius 2 is 1.21 bits per heavy atom. The molecule has 0 N–H and O–H groups in total. The van der Waals surface area contributed by atoms with Gasteiger partial charge in [0.25, 0.3) is 0 Å². The SMILES string of the molecule is CCCCCCCCCCCCCCCCCCOC(=O)c1cccc(OC)c1. The van der Waals surface area contributed by atoms with Gasteiger partial charge in [-0.15, -0.1) is 0 Å². The van der Waals surface area contributed by atoms with Gasteiger partial charge in [0.2, 0.25) is 0 Å². The zero-order chi connectivity index (χ0) is 21.0. The van der Waals surface area contributed by atoms with E-state index in [-0.39, 0.29) is 5.97 Å². The van der Waals surface area contributed by atoms with Gasteiger partial charge in [0, 0.05) is 0 Å². The minimum atomic E-state index is -0.259. The first-order valence-corrected chi connectivity index (χ1v) is 12.1. The molecule has 1 aromatic carbocycles. The lowest BCUT2D eigenvalue weighted by molar-refractivity contribution is 0.0497. The van der Waals surface area contributed by atoms with Crippen molar-refractivity contribution in [2.24, 2.45) is 0 Å². The first-order chi connectivity index (χ1) is 14.3. The second-order valence-electron chi connectivity index (χ2n) is 8.17. The van der Waals surface area contributed by atoms with Crippen LogP contribution < -0.4 is 4.74 Å². The number of rotatable bonds is 19. The molecular formula is C26H44O3. The topological polar surface area (TPSA) is 35.5 Å². The minimum Gasteiger partial charge on any atom is -0.497 e. The predicted molar refractivity (Wildman–Crippen MR) is 123 cm³/mol. The van der Waals surface area contributed by atoms with E-state index in [0.29, 0.717) is 17.9 Å². The smallest absolute Gasteiger partial charge is 0.338 e. The summed E-state index contributed by atoms with van der Waals surface area (Å²) in [5.74, 6) is 0.423. The number of esters is 1. The Bertz CT molecular complexity index is 512. The molecule has 0 saturated heterocycles. The van der Waals surface area contributed by atoms with Gasteiger partial charge in [-0.1, -0.05) is 109 Å². The number of methoxy groups -OCH3 is 1. The molecule has 0 heterocycles. The van der Waals surface area contributed by atoms with Crippen LogP contribution in [0.2, 0.25) is 0 Å². The van der Waals surface area contributed by atoms with Gasteiger partial charge in [-0.2, -0.15) is 0 Å². The highest BCUT2D eigenvalue weighted by atomic mass is 16.5. The summed E-state index contributed by atoms with van der Waals surface area (Å²) in [6.07, 6.45) is 21.5. The summed E-state index contributed by atoms with van der Waals surface area (Å²) in [5.41, 5.74) is 0.556. The van der Waals surface area contributed by atoms with E-state index in [9.17, 15) is 4.79 Å². The van der Waals surface area contributed by atoms with Crippen molar-refractivity contribution in [2.75, 3.05) is 13.7 Å². The average Bonchev–Trinajstić information content (AvgIpc) is 2.75. The van der Waals surface area contributed by atoms with Crippen LogP contribution in [0.3, 0.4) is 0 Å². The van der Waals surface area contributed by atoms with Crippen LogP contribution in [0.4, 0.5) is 0 Å². The third-order valence-electron chi connectivity index (χ3n) is 5.54. The van der Waals surface area contributed by atoms with Gasteiger partial charge in [0.15, 0.2) is 0 Å². The maximum Gasteiger partial charge on any atom is 0.338 e. The van der Waals surface area contributed by atoms with Crippen molar-refractivity contribution in [3.8, 4) is 5.75 Å². The molecule has 0 amide bonds. The Morgan fingerprint density at radius 3 is 1.69 bits per heavy atom. The molecule has 0 fully saturated rings. The zero-order valence-electron chi connectivity index (χ0n) is 19.1. The normalized spacial score (nSPS) is 10.8. The van der Waals surface area contributed by atoms with Crippen molar-refractivity contribution >= 4 is 5.97 Å². The molecule has 0 atom stereocenters. The molecule has 3 nitrogen and oxygen atoms in total. The fraction of sp³-hybridized carbons (Fsp3) is 0.731. The molecule has 0 aromatic heterocycles. The molecule has 29 heavy (non-hydrogen) atoms. The number of unbranched alkanes of at least 4 members (excludes halogenated alkanes) is 15. The van der Waals surface area contributed by atoms with Gasteiger partial charge >= 0.3 is 5.97 Å². The van der Waals surface area contributed by atoms with Gasteiger partial charge in [0.1, 0.15) is 5.75 Å². The summed E-state index contributed by atoms with van der Waals surface area (Å²) in [6.45, 7) is 2.79. The van der Waals surface area contributed by atoms with Crippen LogP contribution >= 0.6 is 0 Å². The van der Waals surface area contributed by atoms with Crippen molar-refractivity contribution in [3.63, 3.8) is 0 Å². The maximum absolute atomic E-state index is 12.0. The van der Waals surface area contributed by atoms with E-state index in [0.717, 1.165) is 12.8 Å². The van der Waals surface area contributed by atoms with E-state index in [1.54, 1.807) is 19.2 Å². The van der Waals surface area contributed by atoms with Gasteiger partial charge in [-0.25, -0.2) is 4.79 Å². The van der Waals surface area contributed by atoms with Gasteiger partial charge in [-0.3, -0.25) is 0 Å². The molecule has 166 valence electrons. The van der Waals surface area contributed by atoms with Crippen molar-refractivity contribution in [2.45, 2.75) is 110 Å². The quantitative estimate of drug-likeness (QED) is 0.172. The summed E-state index contributed by atoms with van der Waals surface area (Å²) in [7, 11) is 1.60. The molecule has 0 bridgehead atoms. The summed E-state index contributed by atoms with van der Waals surface area (Å²) >= 11 is 0. The van der Waals surface area contributed by atoms with E-state index in [2.05, 4.69) is 6.92 Å². The standard InChI is InChI=1S/C26H44O3/c1-3-4-5-6-7-8-9-10-11-12-13-14-15-16-17-18-22-29-26(27)24-20-19-21-25(23-24)28-2/h19-21,23H,3-18,22H2,1-2H3. The summed E-state index contributed by atoms with van der Waals surface area (Å²) < 4.78 is 10.5. The number of carbonyl (C=O) groups excluding carboxylic acids is 1. The third kappa shape index (κ3) is 14.2. The fourth-order valence-electron chi connectivity index (χ4n) is 3.65. The van der Waals surface area contributed by atoms with Crippen molar-refractivity contribution in [1.29, 1.82) is 0 Å². The van der Waals surface area contributed by atoms with Crippen molar-refractivity contribution < 1.29 is 14.3 Å². The molecule has 0 aliphatic rings. The number of hydrogen-bond donors (Lipinski definition) is 0. The maximum atomic E-state index is 12.0. The second kappa shape index (κ2) is 18.5. The number of hydrogen-bond acceptors (Lipinski definition) is 3. The summed E-state index contributed by atoms with van der Waals surface area (Å²) in [6, 6.07) is 7.12. The van der Waals surface area contributed by atoms with Crippen LogP contribution in [0.1, 0.15) is 120 Å². The number of carbonyl (C=O) groups is 1. The first-order valence-electron chi connectivity index (χ1n) is 12.1. The Hall–Kier alpha value is -1.51. The number of ether oxygens (including phenoxy) is 2. The van der Waals surface area contributed by atoms with Gasteiger partial charge in [0.05, 0.1) is 19.3 Å². The van der Waals surface area contributed by atoms with Gasteiger partial charge in [-0.05, 0) is 24.6 Å². The highest BCUT2D eigenvalue weighted by Crippen LogP contribution is 2.15. The monoisotopic (exact) mass is 404 g/mol. The van der Waals surface area contributed by atoms with E-state index in [1.165, 1.54) is 89.9 Å². The fourth-order valence-corrected chi connectivity index (χ4v) is 3.65. The van der Waals surface area contributed by atoms with E-state index in [1.807, 2.05) is 12.1 Å². The van der Waals surface area contributed by atoms with E-state index < -0.39 is 0 Å². The number of benzene rings is 1. The second-order valence-corrected chi connectivity index (χ2v) is 8.17. The Morgan fingerprint density at radius 1 is 0.724 bits per heavy atom. The average molecular weight is 405 g/mol. The highest BCUT2D eigenvalue weighted by molar-refractivity contribution is 5.89. The van der Waals surface area contributed by atoms with Crippen LogP contribution in [0, 0.1) is 0 Å². The Kier molecular flexibility index (Phi) is 16.3.